The first-order valence-electron chi connectivity index (χ1n) is 6.87. The smallest absolute Gasteiger partial charge is 0.325 e. The third kappa shape index (κ3) is 2.63. The van der Waals surface area contributed by atoms with Crippen LogP contribution in [0.1, 0.15) is 30.5 Å². The fraction of sp³-hybridized carbons (Fsp3) is 0.533. The van der Waals surface area contributed by atoms with E-state index in [9.17, 15) is 9.90 Å². The van der Waals surface area contributed by atoms with Gasteiger partial charge in [-0.1, -0.05) is 6.92 Å². The molecule has 116 valence electrons. The second kappa shape index (κ2) is 6.22. The Bertz CT molecular complexity index is 543. The first kappa shape index (κ1) is 15.4. The third-order valence-electron chi connectivity index (χ3n) is 3.88. The van der Waals surface area contributed by atoms with Crippen molar-refractivity contribution in [2.24, 2.45) is 0 Å². The predicted molar refractivity (Wildman–Crippen MR) is 77.4 cm³/mol. The standard InChI is InChI=1S/C15H21NO5/c1-5-8-6-9-10(19-2)7-11(20-3)14(21-4)12(9)13(16-8)15(17)18/h7-8,13,16H,5-6H2,1-4H3,(H,17,18). The van der Waals surface area contributed by atoms with Crippen LogP contribution in [0, 0.1) is 0 Å². The van der Waals surface area contributed by atoms with Crippen molar-refractivity contribution in [2.75, 3.05) is 21.3 Å². The summed E-state index contributed by atoms with van der Waals surface area (Å²) in [5, 5.41) is 12.7. The number of carboxylic acids is 1. The maximum Gasteiger partial charge on any atom is 0.325 e. The molecule has 0 saturated heterocycles. The van der Waals surface area contributed by atoms with Gasteiger partial charge < -0.3 is 19.3 Å². The van der Waals surface area contributed by atoms with Gasteiger partial charge in [0.25, 0.3) is 0 Å². The zero-order valence-electron chi connectivity index (χ0n) is 12.7. The first-order valence-corrected chi connectivity index (χ1v) is 6.87. The van der Waals surface area contributed by atoms with E-state index in [4.69, 9.17) is 14.2 Å². The van der Waals surface area contributed by atoms with Crippen molar-refractivity contribution in [3.8, 4) is 17.2 Å². The van der Waals surface area contributed by atoms with Crippen LogP contribution in [0.15, 0.2) is 6.07 Å². The molecule has 0 aromatic heterocycles. The largest absolute Gasteiger partial charge is 0.496 e. The second-order valence-electron chi connectivity index (χ2n) is 4.95. The highest BCUT2D eigenvalue weighted by atomic mass is 16.5. The molecule has 2 rings (SSSR count). The van der Waals surface area contributed by atoms with E-state index in [0.717, 1.165) is 12.0 Å². The van der Waals surface area contributed by atoms with Crippen molar-refractivity contribution in [1.29, 1.82) is 0 Å². The molecule has 1 heterocycles. The van der Waals surface area contributed by atoms with E-state index in [-0.39, 0.29) is 6.04 Å². The van der Waals surface area contributed by atoms with Crippen LogP contribution in [0.5, 0.6) is 17.2 Å². The van der Waals surface area contributed by atoms with Gasteiger partial charge in [0, 0.05) is 23.2 Å². The molecule has 6 nitrogen and oxygen atoms in total. The fourth-order valence-corrected chi connectivity index (χ4v) is 2.82. The Kier molecular flexibility index (Phi) is 4.57. The fourth-order valence-electron chi connectivity index (χ4n) is 2.82. The summed E-state index contributed by atoms with van der Waals surface area (Å²) in [7, 11) is 4.60. The Morgan fingerprint density at radius 3 is 2.43 bits per heavy atom. The Morgan fingerprint density at radius 2 is 1.95 bits per heavy atom. The Hall–Kier alpha value is -1.95. The number of carboxylic acid groups (broad SMARTS) is 1. The van der Waals surface area contributed by atoms with Gasteiger partial charge in [0.2, 0.25) is 0 Å². The number of benzene rings is 1. The molecule has 1 aromatic rings. The van der Waals surface area contributed by atoms with Gasteiger partial charge in [-0.05, 0) is 12.8 Å². The van der Waals surface area contributed by atoms with E-state index in [1.807, 2.05) is 6.92 Å². The van der Waals surface area contributed by atoms with Gasteiger partial charge >= 0.3 is 5.97 Å². The molecule has 0 aliphatic carbocycles. The maximum absolute atomic E-state index is 11.6. The molecule has 0 spiro atoms. The molecule has 0 bridgehead atoms. The molecule has 1 aliphatic rings. The van der Waals surface area contributed by atoms with Crippen LogP contribution in [0.4, 0.5) is 0 Å². The molecule has 6 heteroatoms. The second-order valence-corrected chi connectivity index (χ2v) is 4.95. The number of carbonyl (C=O) groups is 1. The predicted octanol–water partition coefficient (Wildman–Crippen LogP) is 1.76. The van der Waals surface area contributed by atoms with Gasteiger partial charge in [-0.25, -0.2) is 0 Å². The average Bonchev–Trinajstić information content (AvgIpc) is 2.51. The number of methoxy groups -OCH3 is 3. The molecule has 21 heavy (non-hydrogen) atoms. The number of ether oxygens (including phenoxy) is 3. The lowest BCUT2D eigenvalue weighted by atomic mass is 9.87. The zero-order chi connectivity index (χ0) is 15.6. The van der Waals surface area contributed by atoms with Crippen LogP contribution in [-0.4, -0.2) is 38.4 Å². The minimum absolute atomic E-state index is 0.0885. The lowest BCUT2D eigenvalue weighted by Gasteiger charge is -2.33. The van der Waals surface area contributed by atoms with Crippen LogP contribution in [0.2, 0.25) is 0 Å². The van der Waals surface area contributed by atoms with Gasteiger partial charge in [-0.2, -0.15) is 0 Å². The highest BCUT2D eigenvalue weighted by molar-refractivity contribution is 5.80. The number of aliphatic carboxylic acids is 1. The summed E-state index contributed by atoms with van der Waals surface area (Å²) in [4.78, 5) is 11.6. The van der Waals surface area contributed by atoms with Crippen molar-refractivity contribution in [3.63, 3.8) is 0 Å². The van der Waals surface area contributed by atoms with Crippen molar-refractivity contribution in [1.82, 2.24) is 5.32 Å². The lowest BCUT2D eigenvalue weighted by molar-refractivity contribution is -0.140. The van der Waals surface area contributed by atoms with Gasteiger partial charge in [0.05, 0.1) is 21.3 Å². The Morgan fingerprint density at radius 1 is 1.29 bits per heavy atom. The number of hydrogen-bond donors (Lipinski definition) is 2. The van der Waals surface area contributed by atoms with Gasteiger partial charge in [0.1, 0.15) is 11.8 Å². The lowest BCUT2D eigenvalue weighted by Crippen LogP contribution is -2.43. The normalized spacial score (nSPS) is 20.6. The van der Waals surface area contributed by atoms with E-state index < -0.39 is 12.0 Å². The minimum atomic E-state index is -0.942. The van der Waals surface area contributed by atoms with Crippen LogP contribution in [0.3, 0.4) is 0 Å². The monoisotopic (exact) mass is 295 g/mol. The molecule has 1 aliphatic heterocycles. The molecule has 2 unspecified atom stereocenters. The number of rotatable bonds is 5. The van der Waals surface area contributed by atoms with E-state index >= 15 is 0 Å². The molecular weight excluding hydrogens is 274 g/mol. The molecule has 0 radical (unpaired) electrons. The number of fused-ring (bicyclic) bond motifs is 1. The number of hydrogen-bond acceptors (Lipinski definition) is 5. The van der Waals surface area contributed by atoms with Crippen molar-refractivity contribution in [2.45, 2.75) is 31.8 Å². The van der Waals surface area contributed by atoms with Gasteiger partial charge in [-0.3, -0.25) is 10.1 Å². The summed E-state index contributed by atoms with van der Waals surface area (Å²) < 4.78 is 16.1. The Labute approximate surface area is 124 Å². The summed E-state index contributed by atoms with van der Waals surface area (Å²) in [5.41, 5.74) is 1.46. The molecule has 0 amide bonds. The summed E-state index contributed by atoms with van der Waals surface area (Å²) in [6.45, 7) is 2.02. The van der Waals surface area contributed by atoms with E-state index in [2.05, 4.69) is 5.32 Å². The van der Waals surface area contributed by atoms with Crippen molar-refractivity contribution >= 4 is 5.97 Å². The number of nitrogens with one attached hydrogen (secondary N) is 1. The quantitative estimate of drug-likeness (QED) is 0.862. The zero-order valence-corrected chi connectivity index (χ0v) is 12.7. The van der Waals surface area contributed by atoms with Crippen LogP contribution >= 0.6 is 0 Å². The van der Waals surface area contributed by atoms with Crippen molar-refractivity contribution in [3.05, 3.63) is 17.2 Å². The SMILES string of the molecule is CCC1Cc2c(OC)cc(OC)c(OC)c2C(C(=O)O)N1. The van der Waals surface area contributed by atoms with Crippen LogP contribution in [-0.2, 0) is 11.2 Å². The summed E-state index contributed by atoms with van der Waals surface area (Å²) in [6.07, 6.45) is 1.53. The molecule has 2 atom stereocenters. The van der Waals surface area contributed by atoms with Gasteiger partial charge in [-0.15, -0.1) is 0 Å². The summed E-state index contributed by atoms with van der Waals surface area (Å²) in [6, 6.07) is 0.998. The van der Waals surface area contributed by atoms with Crippen LogP contribution < -0.4 is 19.5 Å². The van der Waals surface area contributed by atoms with Crippen LogP contribution in [0.25, 0.3) is 0 Å². The minimum Gasteiger partial charge on any atom is -0.496 e. The summed E-state index contributed by atoms with van der Waals surface area (Å²) in [5.74, 6) is 0.607. The average molecular weight is 295 g/mol. The highest BCUT2D eigenvalue weighted by Gasteiger charge is 2.36. The van der Waals surface area contributed by atoms with E-state index in [1.54, 1.807) is 13.2 Å². The first-order chi connectivity index (χ1) is 10.1. The molecule has 0 fully saturated rings. The maximum atomic E-state index is 11.6. The molecular formula is C15H21NO5. The third-order valence-corrected chi connectivity index (χ3v) is 3.88. The molecule has 0 saturated carbocycles. The van der Waals surface area contributed by atoms with Crippen molar-refractivity contribution < 1.29 is 24.1 Å². The topological polar surface area (TPSA) is 77.0 Å². The summed E-state index contributed by atoms with van der Waals surface area (Å²) >= 11 is 0. The molecule has 2 N–H and O–H groups in total. The van der Waals surface area contributed by atoms with E-state index in [1.165, 1.54) is 14.2 Å². The van der Waals surface area contributed by atoms with Gasteiger partial charge in [0.15, 0.2) is 11.5 Å². The molecule has 1 aromatic carbocycles. The highest BCUT2D eigenvalue weighted by Crippen LogP contribution is 2.45. The van der Waals surface area contributed by atoms with E-state index in [0.29, 0.717) is 29.2 Å². The Balaban J connectivity index is 2.70.